The minimum Gasteiger partial charge on any atom is -0.480 e. The molecule has 0 amide bonds. The van der Waals surface area contributed by atoms with E-state index in [1.807, 2.05) is 18.2 Å². The van der Waals surface area contributed by atoms with Crippen LogP contribution < -0.4 is 20.6 Å². The quantitative estimate of drug-likeness (QED) is 0.318. The summed E-state index contributed by atoms with van der Waals surface area (Å²) in [6, 6.07) is 14.1. The van der Waals surface area contributed by atoms with Crippen molar-refractivity contribution in [2.75, 3.05) is 7.11 Å². The lowest BCUT2D eigenvalue weighted by Gasteiger charge is -2.26. The van der Waals surface area contributed by atoms with Crippen LogP contribution in [0.2, 0.25) is 0 Å². The van der Waals surface area contributed by atoms with Gasteiger partial charge in [0.1, 0.15) is 0 Å². The van der Waals surface area contributed by atoms with Gasteiger partial charge in [-0.1, -0.05) is 72.9 Å². The Balaban J connectivity index is 1.28. The van der Waals surface area contributed by atoms with E-state index in [-0.39, 0.29) is 11.3 Å². The van der Waals surface area contributed by atoms with Gasteiger partial charge in [0.15, 0.2) is 5.43 Å². The molecule has 0 aliphatic heterocycles. The Hall–Kier alpha value is -4.05. The fourth-order valence-electron chi connectivity index (χ4n) is 6.34. The summed E-state index contributed by atoms with van der Waals surface area (Å²) in [5, 5.41) is 1.54. The highest BCUT2D eigenvalue weighted by Crippen LogP contribution is 2.39. The van der Waals surface area contributed by atoms with Gasteiger partial charge in [-0.2, -0.15) is 0 Å². The van der Waals surface area contributed by atoms with Gasteiger partial charge in [0.2, 0.25) is 5.88 Å². The van der Waals surface area contributed by atoms with Crippen LogP contribution in [0, 0.1) is 12.8 Å². The maximum absolute atomic E-state index is 13.2. The van der Waals surface area contributed by atoms with E-state index in [4.69, 9.17) is 4.74 Å². The monoisotopic (exact) mass is 542 g/mol. The van der Waals surface area contributed by atoms with Crippen molar-refractivity contribution in [3.05, 3.63) is 128 Å². The van der Waals surface area contributed by atoms with E-state index in [1.165, 1.54) is 56.1 Å². The number of rotatable bonds is 7. The molecule has 2 aromatic carbocycles. The number of nitrogens with zero attached hydrogens (tertiary/aromatic N) is 2. The van der Waals surface area contributed by atoms with E-state index in [0.29, 0.717) is 17.0 Å². The first kappa shape index (κ1) is 27.1. The number of allylic oxidation sites excluding steroid dienone is 4. The molecule has 6 rings (SSSR count). The van der Waals surface area contributed by atoms with E-state index in [2.05, 4.69) is 59.9 Å². The van der Waals surface area contributed by atoms with Crippen LogP contribution in [-0.4, -0.2) is 17.1 Å². The molecule has 0 radical (unpaired) electrons. The molecule has 1 unspecified atom stereocenters. The number of fused-ring (bicyclic) bond motifs is 1. The number of ether oxygens (including phenoxy) is 1. The lowest BCUT2D eigenvalue weighted by atomic mass is 9.79. The van der Waals surface area contributed by atoms with Crippen LogP contribution in [0.3, 0.4) is 0 Å². The molecule has 208 valence electrons. The highest BCUT2D eigenvalue weighted by molar-refractivity contribution is 5.82. The molecule has 3 aromatic rings. The van der Waals surface area contributed by atoms with Crippen molar-refractivity contribution >= 4 is 17.7 Å². The summed E-state index contributed by atoms with van der Waals surface area (Å²) in [5.74, 6) is 1.84. The zero-order valence-corrected chi connectivity index (χ0v) is 24.1. The van der Waals surface area contributed by atoms with Crippen molar-refractivity contribution in [3.63, 3.8) is 0 Å². The van der Waals surface area contributed by atoms with Gasteiger partial charge >= 0.3 is 0 Å². The largest absolute Gasteiger partial charge is 0.480 e. The average molecular weight is 543 g/mol. The van der Waals surface area contributed by atoms with Gasteiger partial charge in [-0.05, 0) is 103 Å². The lowest BCUT2D eigenvalue weighted by molar-refractivity contribution is 0.394. The summed E-state index contributed by atoms with van der Waals surface area (Å²) in [6.07, 6.45) is 21.2. The molecule has 3 aliphatic carbocycles. The first-order valence-electron chi connectivity index (χ1n) is 14.9. The maximum Gasteiger partial charge on any atom is 0.232 e. The van der Waals surface area contributed by atoms with Crippen LogP contribution in [-0.2, 0) is 0 Å². The molecule has 0 bridgehead atoms. The normalized spacial score (nSPS) is 20.5. The molecule has 4 nitrogen and oxygen atoms in total. The second-order valence-corrected chi connectivity index (χ2v) is 11.7. The summed E-state index contributed by atoms with van der Waals surface area (Å²) in [7, 11) is 1.58. The number of hydrogen-bond donors (Lipinski definition) is 0. The van der Waals surface area contributed by atoms with Crippen LogP contribution >= 0.6 is 0 Å². The minimum atomic E-state index is -0.217. The highest BCUT2D eigenvalue weighted by Gasteiger charge is 2.24. The van der Waals surface area contributed by atoms with Crippen LogP contribution in [0.5, 0.6) is 5.88 Å². The Morgan fingerprint density at radius 1 is 1.02 bits per heavy atom. The van der Waals surface area contributed by atoms with Crippen molar-refractivity contribution in [3.8, 4) is 5.88 Å². The molecule has 3 aliphatic rings. The smallest absolute Gasteiger partial charge is 0.232 e. The molecule has 1 heterocycles. The molecular formula is C37H38N2O2. The van der Waals surface area contributed by atoms with Crippen LogP contribution in [0.1, 0.15) is 79.2 Å². The second kappa shape index (κ2) is 11.8. The zero-order valence-electron chi connectivity index (χ0n) is 24.1. The number of aryl methyl sites for hydroxylation is 1. The SMILES string of the molecule is C=C1C(C=Cc2ccc(C3CCC(=CCC4CC4)CC3)c(C)c2)=c2c(=O)ccccc2=CC1c1cncc(OC)n1. The Bertz CT molecular complexity index is 1720. The maximum atomic E-state index is 13.2. The third-order valence-electron chi connectivity index (χ3n) is 8.91. The number of methoxy groups -OCH3 is 1. The summed E-state index contributed by atoms with van der Waals surface area (Å²) in [4.78, 5) is 22.1. The Kier molecular flexibility index (Phi) is 7.82. The third-order valence-corrected chi connectivity index (χ3v) is 8.91. The van der Waals surface area contributed by atoms with E-state index >= 15 is 0 Å². The summed E-state index contributed by atoms with van der Waals surface area (Å²) < 4.78 is 5.32. The minimum absolute atomic E-state index is 0.0217. The summed E-state index contributed by atoms with van der Waals surface area (Å²) >= 11 is 0. The molecule has 0 saturated heterocycles. The van der Waals surface area contributed by atoms with E-state index in [1.54, 1.807) is 37.2 Å². The standard InChI is InChI=1S/C37H38N2O2/c1-24-20-28(14-18-31(24)29-16-12-27(13-17-29)11-10-26-8-9-26)15-19-32-25(2)33(34-22-38-23-36(39-34)41-3)21-30-6-4-5-7-35(40)37(30)32/h4-7,11,14-15,18-23,26,29,33H,2,8-10,12-13,16-17H2,1,3H3. The molecular weight excluding hydrogens is 504 g/mol. The van der Waals surface area contributed by atoms with Gasteiger partial charge in [-0.25, -0.2) is 4.98 Å². The first-order valence-corrected chi connectivity index (χ1v) is 14.9. The molecule has 0 spiro atoms. The van der Waals surface area contributed by atoms with Crippen LogP contribution in [0.15, 0.2) is 89.5 Å². The predicted octanol–water partition coefficient (Wildman–Crippen LogP) is 6.54. The molecule has 2 saturated carbocycles. The van der Waals surface area contributed by atoms with Crippen LogP contribution in [0.4, 0.5) is 0 Å². The first-order chi connectivity index (χ1) is 20.0. The number of aromatic nitrogens is 2. The van der Waals surface area contributed by atoms with Gasteiger partial charge in [0.05, 0.1) is 19.0 Å². The van der Waals surface area contributed by atoms with Gasteiger partial charge in [0, 0.05) is 17.3 Å². The van der Waals surface area contributed by atoms with E-state index < -0.39 is 0 Å². The topological polar surface area (TPSA) is 52.1 Å². The van der Waals surface area contributed by atoms with Gasteiger partial charge in [-0.3, -0.25) is 9.78 Å². The van der Waals surface area contributed by atoms with Crippen molar-refractivity contribution < 1.29 is 4.74 Å². The van der Waals surface area contributed by atoms with Crippen LogP contribution in [0.25, 0.3) is 17.7 Å². The Morgan fingerprint density at radius 2 is 1.83 bits per heavy atom. The second-order valence-electron chi connectivity index (χ2n) is 11.7. The van der Waals surface area contributed by atoms with E-state index in [0.717, 1.165) is 33.5 Å². The van der Waals surface area contributed by atoms with Crippen molar-refractivity contribution in [2.24, 2.45) is 5.92 Å². The van der Waals surface area contributed by atoms with E-state index in [9.17, 15) is 4.79 Å². The fraction of sp³-hybridized carbons (Fsp3) is 0.324. The fourth-order valence-corrected chi connectivity index (χ4v) is 6.34. The summed E-state index contributed by atoms with van der Waals surface area (Å²) in [6.45, 7) is 6.67. The van der Waals surface area contributed by atoms with Crippen molar-refractivity contribution in [2.45, 2.75) is 63.7 Å². The number of hydrogen-bond acceptors (Lipinski definition) is 4. The van der Waals surface area contributed by atoms with Gasteiger partial charge in [-0.15, -0.1) is 0 Å². The predicted molar refractivity (Wildman–Crippen MR) is 167 cm³/mol. The van der Waals surface area contributed by atoms with Gasteiger partial charge < -0.3 is 4.74 Å². The Labute approximate surface area is 242 Å². The van der Waals surface area contributed by atoms with Gasteiger partial charge in [0.25, 0.3) is 0 Å². The number of benzene rings is 1. The molecule has 0 N–H and O–H groups in total. The van der Waals surface area contributed by atoms with Crippen molar-refractivity contribution in [1.82, 2.24) is 9.97 Å². The summed E-state index contributed by atoms with van der Waals surface area (Å²) in [5.41, 5.74) is 7.98. The Morgan fingerprint density at radius 3 is 2.59 bits per heavy atom. The third kappa shape index (κ3) is 6.02. The highest BCUT2D eigenvalue weighted by atomic mass is 16.5. The molecule has 2 fully saturated rings. The molecule has 1 atom stereocenters. The zero-order chi connectivity index (χ0) is 28.3. The average Bonchev–Trinajstić information content (AvgIpc) is 3.84. The lowest BCUT2D eigenvalue weighted by Crippen LogP contribution is -2.41. The molecule has 41 heavy (non-hydrogen) atoms. The molecule has 1 aromatic heterocycles. The molecule has 4 heteroatoms. The van der Waals surface area contributed by atoms with Crippen molar-refractivity contribution in [1.29, 1.82) is 0 Å².